The minimum absolute atomic E-state index is 0. The molecule has 1 aliphatic rings. The number of nitrogens with one attached hydrogen (secondary N) is 2. The lowest BCUT2D eigenvalue weighted by Crippen LogP contribution is -2.42. The van der Waals surface area contributed by atoms with Crippen LogP contribution in [0.5, 0.6) is 0 Å². The lowest BCUT2D eigenvalue weighted by Gasteiger charge is -2.20. The van der Waals surface area contributed by atoms with Crippen molar-refractivity contribution in [3.05, 3.63) is 29.8 Å². The first-order valence-corrected chi connectivity index (χ1v) is 11.3. The monoisotopic (exact) mass is 508 g/mol. The van der Waals surface area contributed by atoms with Gasteiger partial charge in [0.15, 0.2) is 15.8 Å². The number of guanidine groups is 1. The number of benzene rings is 1. The van der Waals surface area contributed by atoms with Crippen LogP contribution in [0.1, 0.15) is 31.2 Å². The van der Waals surface area contributed by atoms with E-state index >= 15 is 0 Å². The summed E-state index contributed by atoms with van der Waals surface area (Å²) >= 11 is 0. The average molecular weight is 508 g/mol. The average Bonchev–Trinajstić information content (AvgIpc) is 2.89. The second kappa shape index (κ2) is 12.6. The van der Waals surface area contributed by atoms with Gasteiger partial charge in [0.2, 0.25) is 0 Å². The molecule has 1 fully saturated rings. The fourth-order valence-corrected chi connectivity index (χ4v) is 3.77. The van der Waals surface area contributed by atoms with Gasteiger partial charge >= 0.3 is 0 Å². The fourth-order valence-electron chi connectivity index (χ4n) is 3.14. The van der Waals surface area contributed by atoms with Crippen LogP contribution in [-0.4, -0.2) is 65.3 Å². The van der Waals surface area contributed by atoms with Gasteiger partial charge in [-0.05, 0) is 50.0 Å². The number of likely N-dealkylation sites (tertiary alicyclic amines) is 1. The summed E-state index contributed by atoms with van der Waals surface area (Å²) in [6.07, 6.45) is 7.38. The van der Waals surface area contributed by atoms with E-state index in [-0.39, 0.29) is 24.0 Å². The Hall–Kier alpha value is -0.870. The SMILES string of the molecule is CN=C(NCCc1ccc(S(C)(=O)=O)cc1)NCCN1CCCCCC1.I. The van der Waals surface area contributed by atoms with Gasteiger partial charge in [0.05, 0.1) is 4.90 Å². The van der Waals surface area contributed by atoms with Crippen LogP contribution < -0.4 is 10.6 Å². The van der Waals surface area contributed by atoms with E-state index in [0.717, 1.165) is 37.6 Å². The standard InChI is InChI=1S/C19H32N4O2S.HI/c1-20-19(22-13-16-23-14-5-3-4-6-15-23)21-12-11-17-7-9-18(10-8-17)26(2,24)25;/h7-10H,3-6,11-16H2,1-2H3,(H2,20,21,22);1H. The molecule has 154 valence electrons. The Morgan fingerprint density at radius 2 is 1.63 bits per heavy atom. The molecule has 8 heteroatoms. The maximum Gasteiger partial charge on any atom is 0.191 e. The summed E-state index contributed by atoms with van der Waals surface area (Å²) in [6, 6.07) is 7.07. The zero-order valence-electron chi connectivity index (χ0n) is 16.4. The van der Waals surface area contributed by atoms with Crippen LogP contribution in [0.2, 0.25) is 0 Å². The number of rotatable bonds is 7. The van der Waals surface area contributed by atoms with Gasteiger partial charge in [0.25, 0.3) is 0 Å². The highest BCUT2D eigenvalue weighted by atomic mass is 127. The molecule has 0 bridgehead atoms. The third-order valence-electron chi connectivity index (χ3n) is 4.70. The molecule has 1 saturated heterocycles. The zero-order valence-corrected chi connectivity index (χ0v) is 19.6. The summed E-state index contributed by atoms with van der Waals surface area (Å²) in [4.78, 5) is 7.15. The van der Waals surface area contributed by atoms with Gasteiger partial charge in [-0.25, -0.2) is 8.42 Å². The molecule has 0 aliphatic carbocycles. The van der Waals surface area contributed by atoms with Crippen molar-refractivity contribution in [2.75, 3.05) is 46.0 Å². The molecule has 0 atom stereocenters. The molecule has 2 N–H and O–H groups in total. The van der Waals surface area contributed by atoms with Crippen LogP contribution in [0.15, 0.2) is 34.2 Å². The molecule has 0 amide bonds. The Balaban J connectivity index is 0.00000364. The highest BCUT2D eigenvalue weighted by Gasteiger charge is 2.09. The Morgan fingerprint density at radius 3 is 2.19 bits per heavy atom. The van der Waals surface area contributed by atoms with Crippen molar-refractivity contribution >= 4 is 39.8 Å². The summed E-state index contributed by atoms with van der Waals surface area (Å²) in [5.41, 5.74) is 1.10. The Labute approximate surface area is 181 Å². The Bertz CT molecular complexity index is 669. The number of sulfone groups is 1. The summed E-state index contributed by atoms with van der Waals surface area (Å²) in [6.45, 7) is 5.10. The lowest BCUT2D eigenvalue weighted by molar-refractivity contribution is 0.289. The van der Waals surface area contributed by atoms with Crippen LogP contribution in [-0.2, 0) is 16.3 Å². The van der Waals surface area contributed by atoms with Crippen molar-refractivity contribution in [2.45, 2.75) is 37.0 Å². The van der Waals surface area contributed by atoms with Crippen molar-refractivity contribution in [3.8, 4) is 0 Å². The van der Waals surface area contributed by atoms with Crippen molar-refractivity contribution in [1.82, 2.24) is 15.5 Å². The highest BCUT2D eigenvalue weighted by molar-refractivity contribution is 14.0. The molecule has 27 heavy (non-hydrogen) atoms. The first-order valence-electron chi connectivity index (χ1n) is 9.45. The van der Waals surface area contributed by atoms with Gasteiger partial charge in [-0.1, -0.05) is 25.0 Å². The zero-order chi connectivity index (χ0) is 18.8. The molecule has 1 aromatic rings. The predicted octanol–water partition coefficient (Wildman–Crippen LogP) is 2.29. The summed E-state index contributed by atoms with van der Waals surface area (Å²) < 4.78 is 23.0. The molecule has 1 heterocycles. The molecule has 0 aromatic heterocycles. The second-order valence-corrected chi connectivity index (χ2v) is 8.86. The van der Waals surface area contributed by atoms with Crippen LogP contribution in [0.25, 0.3) is 0 Å². The van der Waals surface area contributed by atoms with Gasteiger partial charge in [0.1, 0.15) is 0 Å². The van der Waals surface area contributed by atoms with Crippen LogP contribution in [0, 0.1) is 0 Å². The van der Waals surface area contributed by atoms with Gasteiger partial charge < -0.3 is 15.5 Å². The first kappa shape index (κ1) is 24.2. The predicted molar refractivity (Wildman–Crippen MR) is 123 cm³/mol. The number of nitrogens with zero attached hydrogens (tertiary/aromatic N) is 2. The smallest absolute Gasteiger partial charge is 0.191 e. The fraction of sp³-hybridized carbons (Fsp3) is 0.632. The van der Waals surface area contributed by atoms with Crippen LogP contribution >= 0.6 is 24.0 Å². The normalized spacial score (nSPS) is 16.3. The third kappa shape index (κ3) is 9.25. The Kier molecular flexibility index (Phi) is 11.2. The number of aliphatic imine (C=N–C) groups is 1. The third-order valence-corrected chi connectivity index (χ3v) is 5.83. The minimum Gasteiger partial charge on any atom is -0.356 e. The van der Waals surface area contributed by atoms with Gasteiger partial charge in [-0.2, -0.15) is 0 Å². The first-order chi connectivity index (χ1) is 12.5. The molecule has 0 spiro atoms. The van der Waals surface area contributed by atoms with E-state index in [2.05, 4.69) is 20.5 Å². The van der Waals surface area contributed by atoms with Gasteiger partial charge in [0, 0.05) is 32.9 Å². The molecule has 6 nitrogen and oxygen atoms in total. The number of hydrogen-bond donors (Lipinski definition) is 2. The second-order valence-electron chi connectivity index (χ2n) is 6.85. The molecule has 0 radical (unpaired) electrons. The van der Waals surface area contributed by atoms with Gasteiger partial charge in [-0.3, -0.25) is 4.99 Å². The largest absolute Gasteiger partial charge is 0.356 e. The van der Waals surface area contributed by atoms with Gasteiger partial charge in [-0.15, -0.1) is 24.0 Å². The van der Waals surface area contributed by atoms with Crippen molar-refractivity contribution in [3.63, 3.8) is 0 Å². The van der Waals surface area contributed by atoms with E-state index in [4.69, 9.17) is 0 Å². The molecular formula is C19H33IN4O2S. The number of hydrogen-bond acceptors (Lipinski definition) is 4. The number of halogens is 1. The van der Waals surface area contributed by atoms with Crippen LogP contribution in [0.4, 0.5) is 0 Å². The molecule has 1 aromatic carbocycles. The minimum atomic E-state index is -3.13. The van der Waals surface area contributed by atoms with E-state index in [9.17, 15) is 8.42 Å². The quantitative estimate of drug-likeness (QED) is 0.336. The van der Waals surface area contributed by atoms with E-state index in [1.165, 1.54) is 45.0 Å². The van der Waals surface area contributed by atoms with E-state index in [1.807, 2.05) is 12.1 Å². The van der Waals surface area contributed by atoms with Crippen molar-refractivity contribution in [1.29, 1.82) is 0 Å². The molecule has 2 rings (SSSR count). The van der Waals surface area contributed by atoms with Crippen molar-refractivity contribution < 1.29 is 8.42 Å². The topological polar surface area (TPSA) is 73.8 Å². The van der Waals surface area contributed by atoms with Crippen LogP contribution in [0.3, 0.4) is 0 Å². The lowest BCUT2D eigenvalue weighted by atomic mass is 10.1. The van der Waals surface area contributed by atoms with Crippen molar-refractivity contribution in [2.24, 2.45) is 4.99 Å². The maximum absolute atomic E-state index is 11.5. The van der Waals surface area contributed by atoms with E-state index < -0.39 is 9.84 Å². The maximum atomic E-state index is 11.5. The Morgan fingerprint density at radius 1 is 1.04 bits per heavy atom. The summed E-state index contributed by atoms with van der Waals surface area (Å²) in [5.74, 6) is 0.813. The summed E-state index contributed by atoms with van der Waals surface area (Å²) in [5, 5.41) is 6.69. The highest BCUT2D eigenvalue weighted by Crippen LogP contribution is 2.10. The molecule has 0 unspecified atom stereocenters. The van der Waals surface area contributed by atoms with E-state index in [0.29, 0.717) is 4.90 Å². The molecule has 0 saturated carbocycles. The molecular weight excluding hydrogens is 475 g/mol. The summed E-state index contributed by atoms with van der Waals surface area (Å²) in [7, 11) is -1.35. The van der Waals surface area contributed by atoms with E-state index in [1.54, 1.807) is 19.2 Å². The molecule has 1 aliphatic heterocycles.